The Labute approximate surface area is 457 Å². The van der Waals surface area contributed by atoms with Crippen LogP contribution in [-0.2, 0) is 33.4 Å². The molecular formula is C64H100N2O10. The van der Waals surface area contributed by atoms with Crippen LogP contribution in [0.2, 0.25) is 0 Å². The minimum Gasteiger partial charge on any atom is -0.390 e. The second-order valence-corrected chi connectivity index (χ2v) is 28.7. The summed E-state index contributed by atoms with van der Waals surface area (Å²) in [5, 5.41) is 50.3. The van der Waals surface area contributed by atoms with Crippen LogP contribution in [0.15, 0.2) is 0 Å². The van der Waals surface area contributed by atoms with Gasteiger partial charge in [-0.05, 0) is 189 Å². The Morgan fingerprint density at radius 3 is 1.34 bits per heavy atom. The van der Waals surface area contributed by atoms with Crippen molar-refractivity contribution in [3.05, 3.63) is 0 Å². The van der Waals surface area contributed by atoms with Crippen molar-refractivity contribution in [2.45, 2.75) is 228 Å². The Kier molecular flexibility index (Phi) is 16.8. The van der Waals surface area contributed by atoms with Gasteiger partial charge in [-0.25, -0.2) is 0 Å². The van der Waals surface area contributed by atoms with Crippen LogP contribution in [0.4, 0.5) is 0 Å². The summed E-state index contributed by atoms with van der Waals surface area (Å²) in [6, 6.07) is 5.00. The molecule has 0 aromatic heterocycles. The van der Waals surface area contributed by atoms with Crippen molar-refractivity contribution in [2.24, 2.45) is 115 Å². The molecule has 0 unspecified atom stereocenters. The predicted octanol–water partition coefficient (Wildman–Crippen LogP) is 10.7. The van der Waals surface area contributed by atoms with Gasteiger partial charge in [0.25, 0.3) is 0 Å². The van der Waals surface area contributed by atoms with Crippen molar-refractivity contribution >= 4 is 23.1 Å². The maximum atomic E-state index is 13.4. The third-order valence-corrected chi connectivity index (χ3v) is 26.0. The highest BCUT2D eigenvalue weighted by atomic mass is 16.5. The first kappa shape index (κ1) is 59.5. The van der Waals surface area contributed by atoms with E-state index in [0.717, 1.165) is 103 Å². The number of rotatable bonds is 3. The number of carbonyl (C=O) groups is 4. The summed E-state index contributed by atoms with van der Waals surface area (Å²) in [5.74, 6) is 5.29. The molecule has 0 radical (unpaired) electrons. The second-order valence-electron chi connectivity index (χ2n) is 28.7. The molecule has 0 aliphatic heterocycles. The van der Waals surface area contributed by atoms with Gasteiger partial charge in [0.2, 0.25) is 0 Å². The van der Waals surface area contributed by atoms with Gasteiger partial charge in [0, 0.05) is 70.2 Å². The molecule has 426 valence electrons. The molecule has 0 heterocycles. The van der Waals surface area contributed by atoms with Gasteiger partial charge in [-0.1, -0.05) is 56.4 Å². The molecule has 76 heavy (non-hydrogen) atoms. The molecule has 0 amide bonds. The van der Waals surface area contributed by atoms with E-state index in [0.29, 0.717) is 103 Å². The number of methoxy groups -OCH3 is 3. The number of Topliss-reactive ketones (excluding diaryl/α,β-unsaturated/α-hetero) is 4. The first-order valence-electron chi connectivity index (χ1n) is 29.6. The zero-order chi connectivity index (χ0) is 53.2. The van der Waals surface area contributed by atoms with Crippen molar-refractivity contribution in [1.29, 1.82) is 10.5 Å². The third kappa shape index (κ3) is 8.82. The van der Waals surface area contributed by atoms with E-state index < -0.39 is 23.7 Å². The highest BCUT2D eigenvalue weighted by molar-refractivity contribution is 5.95. The Hall–Kier alpha value is -2.58. The molecule has 12 nitrogen and oxygen atoms in total. The summed E-state index contributed by atoms with van der Waals surface area (Å²) in [6.07, 6.45) is 16.6. The monoisotopic (exact) mass is 1060 g/mol. The normalized spacial score (nSPS) is 53.3. The van der Waals surface area contributed by atoms with E-state index in [4.69, 9.17) is 14.2 Å². The molecule has 26 atom stereocenters. The number of hydrogen-bond acceptors (Lipinski definition) is 12. The van der Waals surface area contributed by atoms with Gasteiger partial charge in [-0.3, -0.25) is 19.2 Å². The Balaban J connectivity index is 0.000000149. The molecule has 0 aromatic rings. The van der Waals surface area contributed by atoms with E-state index in [2.05, 4.69) is 46.8 Å². The maximum Gasteiger partial charge on any atom is 0.139 e. The van der Waals surface area contributed by atoms with E-state index in [1.807, 2.05) is 6.92 Å². The molecule has 0 aromatic carbocycles. The topological polar surface area (TPSA) is 204 Å². The second kappa shape index (κ2) is 21.4. The number of ketones is 4. The number of aliphatic hydroxyl groups is 3. The van der Waals surface area contributed by atoms with Crippen molar-refractivity contribution in [3.8, 4) is 12.1 Å². The van der Waals surface area contributed by atoms with E-state index in [1.165, 1.54) is 0 Å². The summed E-state index contributed by atoms with van der Waals surface area (Å²) in [7, 11) is 5.03. The predicted molar refractivity (Wildman–Crippen MR) is 290 cm³/mol. The molecule has 12 saturated carbocycles. The van der Waals surface area contributed by atoms with Crippen LogP contribution < -0.4 is 0 Å². The first-order valence-corrected chi connectivity index (χ1v) is 29.6. The fourth-order valence-electron chi connectivity index (χ4n) is 22.3. The van der Waals surface area contributed by atoms with E-state index in [-0.39, 0.29) is 95.7 Å². The van der Waals surface area contributed by atoms with Crippen LogP contribution >= 0.6 is 0 Å². The highest BCUT2D eigenvalue weighted by Crippen LogP contribution is 2.69. The number of hydrogen-bond donors (Lipinski definition) is 3. The molecule has 12 rings (SSSR count). The van der Waals surface area contributed by atoms with Crippen LogP contribution in [0.3, 0.4) is 0 Å². The van der Waals surface area contributed by atoms with Gasteiger partial charge < -0.3 is 29.5 Å². The van der Waals surface area contributed by atoms with E-state index >= 15 is 0 Å². The smallest absolute Gasteiger partial charge is 0.139 e. The molecule has 12 fully saturated rings. The number of nitriles is 2. The number of carbonyl (C=O) groups excluding carboxylic acids is 4. The summed E-state index contributed by atoms with van der Waals surface area (Å²) in [5.41, 5.74) is -0.864. The van der Waals surface area contributed by atoms with Gasteiger partial charge >= 0.3 is 0 Å². The van der Waals surface area contributed by atoms with E-state index in [9.17, 15) is 45.0 Å². The average molecular weight is 1060 g/mol. The average Bonchev–Trinajstić information content (AvgIpc) is 3.99. The molecule has 0 bridgehead atoms. The summed E-state index contributed by atoms with van der Waals surface area (Å²) in [4.78, 5) is 52.4. The van der Waals surface area contributed by atoms with Crippen molar-refractivity contribution in [3.63, 3.8) is 0 Å². The zero-order valence-electron chi connectivity index (χ0n) is 46.5. The third-order valence-electron chi connectivity index (χ3n) is 26.0. The summed E-state index contributed by atoms with van der Waals surface area (Å²) >= 11 is 0. The molecule has 3 N–H and O–H groups in total. The Bertz CT molecular complexity index is 2190. The lowest BCUT2D eigenvalue weighted by Crippen LogP contribution is -2.61. The summed E-state index contributed by atoms with van der Waals surface area (Å²) < 4.78 is 16.8. The number of nitrogens with zero attached hydrogens (tertiary/aromatic N) is 2. The molecular weight excluding hydrogens is 957 g/mol. The van der Waals surface area contributed by atoms with Crippen LogP contribution in [0.5, 0.6) is 0 Å². The Morgan fingerprint density at radius 1 is 0.474 bits per heavy atom. The number of aliphatic hydroxyl groups excluding tert-OH is 3. The van der Waals surface area contributed by atoms with Gasteiger partial charge in [-0.2, -0.15) is 10.5 Å². The van der Waals surface area contributed by atoms with Crippen LogP contribution in [-0.4, -0.2) is 96.4 Å². The fraction of sp³-hybridized carbons (Fsp3) is 0.906. The van der Waals surface area contributed by atoms with Gasteiger partial charge in [0.05, 0.1) is 60.6 Å². The van der Waals surface area contributed by atoms with Crippen LogP contribution in [0.1, 0.15) is 191 Å². The zero-order valence-corrected chi connectivity index (χ0v) is 46.5. The van der Waals surface area contributed by atoms with Gasteiger partial charge in [0.1, 0.15) is 23.1 Å². The lowest BCUT2D eigenvalue weighted by molar-refractivity contribution is -0.185. The minimum atomic E-state index is -0.415. The molecule has 0 spiro atoms. The molecule has 12 heteroatoms. The van der Waals surface area contributed by atoms with Crippen LogP contribution in [0.25, 0.3) is 0 Å². The fourth-order valence-corrected chi connectivity index (χ4v) is 22.3. The number of fused-ring (bicyclic) bond motifs is 15. The molecule has 0 saturated heterocycles. The molecule has 12 aliphatic carbocycles. The van der Waals surface area contributed by atoms with Crippen molar-refractivity contribution < 1.29 is 48.7 Å². The number of ether oxygens (including phenoxy) is 3. The SMILES string of the molecule is C.C.CO[C@H]1C[C@@]2(C)[C@@H](CC[C@H]3[C@@H]4CC[C@@H](C#N)[C@@]4(C)CC(=O)[C@@H]32)C[C@@H]1O.CO[C@H]1C[C@@]2(C)[C@@H](CC[C@H]3[C@@H]4CC[C@H](C#N)[C@@]4(C)CC(=O)[C@@H]32)C[C@@H]1O.CO[C@H]1[C@H](O)CC[C@@]2(C)[C@H]1CC[C@@H]1[C@@H]2C(=O)C[C@]2(C)C(=O)CC[C@@H]12. The standard InChI is InChI=1S/2C21H31NO3.C20H30O4.2CH4/c2*1-20-9-17(24)19-14(15(20)7-5-13(20)11-22)6-4-12-8-16(23)18(25-3)10-21(12,19)2;1-19-9-8-14(21)18(24-3)13(19)5-4-11-12-6-7-16(23)20(12,2)10-15(22)17(11)19;;/h2*12-16,18-19,23H,4-10H2,1-3H3;11-14,17-18,21H,4-10H2,1-3H3;2*1H4/t12-,13+,14-,15-,16-,18-,19+,20+,21-;12-,13-,14-,15-,16-,18-,19+,20+,21-;11-,12-,13-,14+,17+,18+,19-,20-;;/m000../s1. The van der Waals surface area contributed by atoms with Gasteiger partial charge in [-0.15, -0.1) is 0 Å². The van der Waals surface area contributed by atoms with Gasteiger partial charge in [0.15, 0.2) is 0 Å². The maximum absolute atomic E-state index is 13.4. The molecule has 12 aliphatic rings. The first-order chi connectivity index (χ1) is 35.0. The quantitative estimate of drug-likeness (QED) is 0.242. The van der Waals surface area contributed by atoms with Crippen molar-refractivity contribution in [2.75, 3.05) is 21.3 Å². The lowest BCUT2D eigenvalue weighted by Gasteiger charge is -2.60. The largest absolute Gasteiger partial charge is 0.390 e. The minimum absolute atomic E-state index is 0. The van der Waals surface area contributed by atoms with Crippen molar-refractivity contribution in [1.82, 2.24) is 0 Å². The Morgan fingerprint density at radius 2 is 0.895 bits per heavy atom. The highest BCUT2D eigenvalue weighted by Gasteiger charge is 2.68. The summed E-state index contributed by atoms with van der Waals surface area (Å²) in [6.45, 7) is 13.3. The van der Waals surface area contributed by atoms with Crippen LogP contribution in [0, 0.1) is 138 Å². The lowest BCUT2D eigenvalue weighted by atomic mass is 9.44. The van der Waals surface area contributed by atoms with E-state index in [1.54, 1.807) is 21.3 Å².